The largest absolute Gasteiger partial charge is 0.463 e. The fourth-order valence-corrected chi connectivity index (χ4v) is 3.79. The summed E-state index contributed by atoms with van der Waals surface area (Å²) in [5.74, 6) is -0.769. The monoisotopic (exact) mass is 371 g/mol. The van der Waals surface area contributed by atoms with Gasteiger partial charge in [0.1, 0.15) is 30.1 Å². The maximum absolute atomic E-state index is 12.5. The Labute approximate surface area is 154 Å². The standard InChI is InChI=1S/C17H17N5O3S/c1-3-24-17(23)14-10(2)25-16(19)12(5-18)15(14)13-4-11(7-26-13)6-22-9-20-8-21-22/h4,7-9,15H,3,6,19H2,1-2H3/t15-/m0/s1. The summed E-state index contributed by atoms with van der Waals surface area (Å²) in [4.78, 5) is 17.2. The molecule has 26 heavy (non-hydrogen) atoms. The molecule has 134 valence electrons. The Hall–Kier alpha value is -3.12. The topological polar surface area (TPSA) is 116 Å². The van der Waals surface area contributed by atoms with Gasteiger partial charge in [0.15, 0.2) is 0 Å². The summed E-state index contributed by atoms with van der Waals surface area (Å²) in [6, 6.07) is 4.00. The predicted molar refractivity (Wildman–Crippen MR) is 93.4 cm³/mol. The Morgan fingerprint density at radius 2 is 2.38 bits per heavy atom. The SMILES string of the molecule is CCOC(=O)C1=C(C)OC(N)=C(C#N)[C@H]1c1cc(Cn2cncn2)cs1. The highest BCUT2D eigenvalue weighted by molar-refractivity contribution is 7.10. The van der Waals surface area contributed by atoms with E-state index in [2.05, 4.69) is 16.2 Å². The molecular formula is C17H17N5O3S. The number of rotatable bonds is 5. The normalized spacial score (nSPS) is 17.0. The van der Waals surface area contributed by atoms with Gasteiger partial charge in [-0.3, -0.25) is 0 Å². The van der Waals surface area contributed by atoms with E-state index >= 15 is 0 Å². The minimum Gasteiger partial charge on any atom is -0.463 e. The van der Waals surface area contributed by atoms with E-state index in [1.807, 2.05) is 11.4 Å². The fourth-order valence-electron chi connectivity index (χ4n) is 2.77. The van der Waals surface area contributed by atoms with Gasteiger partial charge in [-0.1, -0.05) is 0 Å². The highest BCUT2D eigenvalue weighted by Crippen LogP contribution is 2.41. The Morgan fingerprint density at radius 1 is 1.58 bits per heavy atom. The average molecular weight is 371 g/mol. The number of nitriles is 1. The molecule has 8 nitrogen and oxygen atoms in total. The number of hydrogen-bond donors (Lipinski definition) is 1. The molecule has 0 aromatic carbocycles. The Bertz CT molecular complexity index is 921. The molecule has 0 bridgehead atoms. The van der Waals surface area contributed by atoms with E-state index in [0.29, 0.717) is 17.9 Å². The molecule has 0 unspecified atom stereocenters. The number of aromatic nitrogens is 3. The zero-order valence-electron chi connectivity index (χ0n) is 14.3. The molecule has 0 saturated carbocycles. The van der Waals surface area contributed by atoms with Gasteiger partial charge >= 0.3 is 5.97 Å². The first-order valence-corrected chi connectivity index (χ1v) is 8.78. The second kappa shape index (κ2) is 7.41. The number of ether oxygens (including phenoxy) is 2. The van der Waals surface area contributed by atoms with Crippen LogP contribution in [0.3, 0.4) is 0 Å². The number of nitrogens with two attached hydrogens (primary N) is 1. The van der Waals surface area contributed by atoms with Crippen molar-refractivity contribution in [2.45, 2.75) is 26.3 Å². The number of esters is 1. The molecule has 0 amide bonds. The van der Waals surface area contributed by atoms with Gasteiger partial charge in [0, 0.05) is 4.88 Å². The van der Waals surface area contributed by atoms with Crippen LogP contribution in [-0.2, 0) is 20.8 Å². The molecule has 3 rings (SSSR count). The van der Waals surface area contributed by atoms with Crippen molar-refractivity contribution in [3.8, 4) is 6.07 Å². The second-order valence-corrected chi connectivity index (χ2v) is 6.51. The minimum atomic E-state index is -0.609. The summed E-state index contributed by atoms with van der Waals surface area (Å²) in [5, 5.41) is 15.6. The fraction of sp³-hybridized carbons (Fsp3) is 0.294. The van der Waals surface area contributed by atoms with Crippen LogP contribution in [0.5, 0.6) is 0 Å². The van der Waals surface area contributed by atoms with E-state index in [1.54, 1.807) is 24.9 Å². The van der Waals surface area contributed by atoms with Gasteiger partial charge in [-0.2, -0.15) is 10.4 Å². The van der Waals surface area contributed by atoms with E-state index < -0.39 is 11.9 Å². The van der Waals surface area contributed by atoms with Crippen molar-refractivity contribution in [2.75, 3.05) is 6.61 Å². The van der Waals surface area contributed by atoms with Crippen molar-refractivity contribution in [3.63, 3.8) is 0 Å². The van der Waals surface area contributed by atoms with E-state index in [1.165, 1.54) is 17.7 Å². The maximum atomic E-state index is 12.5. The first kappa shape index (κ1) is 17.7. The molecule has 2 aromatic rings. The van der Waals surface area contributed by atoms with E-state index in [9.17, 15) is 10.1 Å². The number of hydrogen-bond acceptors (Lipinski definition) is 8. The van der Waals surface area contributed by atoms with Gasteiger partial charge in [0.05, 0.1) is 24.6 Å². The van der Waals surface area contributed by atoms with Crippen molar-refractivity contribution < 1.29 is 14.3 Å². The van der Waals surface area contributed by atoms with Crippen LogP contribution < -0.4 is 5.73 Å². The summed E-state index contributed by atoms with van der Waals surface area (Å²) in [6.07, 6.45) is 3.09. The number of carbonyl (C=O) groups excluding carboxylic acids is 1. The van der Waals surface area contributed by atoms with Gasteiger partial charge in [-0.15, -0.1) is 11.3 Å². The lowest BCUT2D eigenvalue weighted by Gasteiger charge is -2.25. The van der Waals surface area contributed by atoms with Crippen LogP contribution in [0.2, 0.25) is 0 Å². The lowest BCUT2D eigenvalue weighted by atomic mass is 9.87. The molecule has 9 heteroatoms. The van der Waals surface area contributed by atoms with Crippen LogP contribution in [0.1, 0.15) is 30.2 Å². The van der Waals surface area contributed by atoms with Crippen molar-refractivity contribution in [1.82, 2.24) is 14.8 Å². The average Bonchev–Trinajstić information content (AvgIpc) is 3.26. The molecule has 2 aromatic heterocycles. The van der Waals surface area contributed by atoms with Crippen LogP contribution in [-0.4, -0.2) is 27.3 Å². The second-order valence-electron chi connectivity index (χ2n) is 5.57. The molecule has 0 aliphatic carbocycles. The molecule has 1 aliphatic rings. The van der Waals surface area contributed by atoms with Crippen LogP contribution in [0, 0.1) is 11.3 Å². The third-order valence-electron chi connectivity index (χ3n) is 3.87. The molecule has 0 fully saturated rings. The molecule has 0 radical (unpaired) electrons. The van der Waals surface area contributed by atoms with Crippen molar-refractivity contribution in [2.24, 2.45) is 5.73 Å². The first-order chi connectivity index (χ1) is 12.5. The quantitative estimate of drug-likeness (QED) is 0.799. The van der Waals surface area contributed by atoms with Crippen molar-refractivity contribution in [3.05, 3.63) is 57.3 Å². The summed E-state index contributed by atoms with van der Waals surface area (Å²) in [6.45, 7) is 4.14. The zero-order valence-corrected chi connectivity index (χ0v) is 15.1. The summed E-state index contributed by atoms with van der Waals surface area (Å²) in [5.41, 5.74) is 7.38. The lowest BCUT2D eigenvalue weighted by molar-refractivity contribution is -0.139. The van der Waals surface area contributed by atoms with Crippen LogP contribution in [0.15, 0.2) is 46.9 Å². The third-order valence-corrected chi connectivity index (χ3v) is 4.92. The highest BCUT2D eigenvalue weighted by Gasteiger charge is 2.37. The molecule has 1 aliphatic heterocycles. The molecular weight excluding hydrogens is 354 g/mol. The van der Waals surface area contributed by atoms with Crippen molar-refractivity contribution >= 4 is 17.3 Å². The van der Waals surface area contributed by atoms with Gasteiger partial charge in [-0.05, 0) is 30.9 Å². The Morgan fingerprint density at radius 3 is 3.04 bits per heavy atom. The molecule has 0 spiro atoms. The van der Waals surface area contributed by atoms with E-state index in [0.717, 1.165) is 10.4 Å². The van der Waals surface area contributed by atoms with Crippen molar-refractivity contribution in [1.29, 1.82) is 5.26 Å². The predicted octanol–water partition coefficient (Wildman–Crippen LogP) is 2.03. The Kier molecular flexibility index (Phi) is 5.04. The van der Waals surface area contributed by atoms with Gasteiger partial charge < -0.3 is 15.2 Å². The first-order valence-electron chi connectivity index (χ1n) is 7.90. The summed E-state index contributed by atoms with van der Waals surface area (Å²) < 4.78 is 12.3. The number of carbonyl (C=O) groups is 1. The number of nitrogens with zero attached hydrogens (tertiary/aromatic N) is 4. The molecule has 2 N–H and O–H groups in total. The number of thiophene rings is 1. The maximum Gasteiger partial charge on any atom is 0.338 e. The molecule has 3 heterocycles. The van der Waals surface area contributed by atoms with E-state index in [-0.39, 0.29) is 18.1 Å². The van der Waals surface area contributed by atoms with Gasteiger partial charge in [0.2, 0.25) is 5.88 Å². The highest BCUT2D eigenvalue weighted by atomic mass is 32.1. The smallest absolute Gasteiger partial charge is 0.338 e. The lowest BCUT2D eigenvalue weighted by Crippen LogP contribution is -2.25. The minimum absolute atomic E-state index is 0.00859. The Balaban J connectivity index is 2.00. The van der Waals surface area contributed by atoms with E-state index in [4.69, 9.17) is 15.2 Å². The summed E-state index contributed by atoms with van der Waals surface area (Å²) in [7, 11) is 0. The van der Waals surface area contributed by atoms with Crippen LogP contribution in [0.4, 0.5) is 0 Å². The van der Waals surface area contributed by atoms with Crippen LogP contribution in [0.25, 0.3) is 0 Å². The third kappa shape index (κ3) is 3.32. The van der Waals surface area contributed by atoms with Gasteiger partial charge in [0.25, 0.3) is 0 Å². The van der Waals surface area contributed by atoms with Crippen LogP contribution >= 0.6 is 11.3 Å². The van der Waals surface area contributed by atoms with Gasteiger partial charge in [-0.25, -0.2) is 14.5 Å². The molecule has 1 atom stereocenters. The zero-order chi connectivity index (χ0) is 18.7. The summed E-state index contributed by atoms with van der Waals surface area (Å²) >= 11 is 1.44. The number of allylic oxidation sites excluding steroid dienone is 2. The molecule has 0 saturated heterocycles.